The van der Waals surface area contributed by atoms with Crippen LogP contribution in [0.2, 0.25) is 10.0 Å². The maximum Gasteiger partial charge on any atom is 0.335 e. The SMILES string of the molecule is CCCOc1c(Cl)cc(/C=C2\C(=O)NC(=O)N(c3cccc(Cl)c3)C2=O)cc1OCC. The second-order valence-electron chi connectivity index (χ2n) is 6.55. The Morgan fingerprint density at radius 1 is 1.06 bits per heavy atom. The lowest BCUT2D eigenvalue weighted by molar-refractivity contribution is -0.122. The Bertz CT molecular complexity index is 1070. The summed E-state index contributed by atoms with van der Waals surface area (Å²) in [5, 5.41) is 2.79. The number of rotatable bonds is 7. The van der Waals surface area contributed by atoms with Crippen LogP contribution >= 0.6 is 23.2 Å². The monoisotopic (exact) mass is 462 g/mol. The zero-order chi connectivity index (χ0) is 22.5. The molecule has 1 heterocycles. The molecule has 9 heteroatoms. The number of nitrogens with zero attached hydrogens (tertiary/aromatic N) is 1. The van der Waals surface area contributed by atoms with Gasteiger partial charge in [0.2, 0.25) is 0 Å². The van der Waals surface area contributed by atoms with Crippen molar-refractivity contribution in [2.75, 3.05) is 18.1 Å². The first-order valence-corrected chi connectivity index (χ1v) is 10.4. The fourth-order valence-corrected chi connectivity index (χ4v) is 3.41. The molecule has 1 saturated heterocycles. The molecule has 0 unspecified atom stereocenters. The number of urea groups is 1. The van der Waals surface area contributed by atoms with E-state index >= 15 is 0 Å². The predicted molar refractivity (Wildman–Crippen MR) is 119 cm³/mol. The van der Waals surface area contributed by atoms with E-state index in [0.29, 0.717) is 35.3 Å². The topological polar surface area (TPSA) is 84.9 Å². The highest BCUT2D eigenvalue weighted by Crippen LogP contribution is 2.37. The number of halogens is 2. The van der Waals surface area contributed by atoms with Gasteiger partial charge in [-0.2, -0.15) is 0 Å². The van der Waals surface area contributed by atoms with Crippen molar-refractivity contribution < 1.29 is 23.9 Å². The van der Waals surface area contributed by atoms with Gasteiger partial charge in [-0.3, -0.25) is 14.9 Å². The normalized spacial score (nSPS) is 15.3. The van der Waals surface area contributed by atoms with E-state index in [-0.39, 0.29) is 16.3 Å². The molecule has 1 fully saturated rings. The molecular weight excluding hydrogens is 443 g/mol. The maximum absolute atomic E-state index is 13.0. The first-order chi connectivity index (χ1) is 14.8. The number of amides is 4. The standard InChI is InChI=1S/C22H20Cl2N2O5/c1-3-8-31-19-17(24)10-13(11-18(19)30-4-2)9-16-20(27)25-22(29)26(21(16)28)15-7-5-6-14(23)12-15/h5-7,9-12H,3-4,8H2,1-2H3,(H,25,27,29)/b16-9+. The number of hydrogen-bond donors (Lipinski definition) is 1. The Balaban J connectivity index is 2.02. The van der Waals surface area contributed by atoms with Crippen LogP contribution in [0.3, 0.4) is 0 Å². The summed E-state index contributed by atoms with van der Waals surface area (Å²) in [6.07, 6.45) is 2.13. The van der Waals surface area contributed by atoms with Gasteiger partial charge in [0, 0.05) is 5.02 Å². The van der Waals surface area contributed by atoms with Crippen LogP contribution in [0, 0.1) is 0 Å². The van der Waals surface area contributed by atoms with Gasteiger partial charge in [0.25, 0.3) is 11.8 Å². The van der Waals surface area contributed by atoms with E-state index in [1.165, 1.54) is 12.1 Å². The smallest absolute Gasteiger partial charge is 0.335 e. The van der Waals surface area contributed by atoms with Crippen molar-refractivity contribution in [1.29, 1.82) is 0 Å². The van der Waals surface area contributed by atoms with E-state index in [1.807, 2.05) is 13.8 Å². The Labute approximate surface area is 189 Å². The van der Waals surface area contributed by atoms with Gasteiger partial charge in [-0.1, -0.05) is 36.2 Å². The average Bonchev–Trinajstić information content (AvgIpc) is 2.71. The number of barbiturate groups is 1. The number of nitrogens with one attached hydrogen (secondary N) is 1. The largest absolute Gasteiger partial charge is 0.490 e. The third-order valence-corrected chi connectivity index (χ3v) is 4.78. The van der Waals surface area contributed by atoms with Crippen LogP contribution in [0.4, 0.5) is 10.5 Å². The van der Waals surface area contributed by atoms with Crippen molar-refractivity contribution in [3.8, 4) is 11.5 Å². The highest BCUT2D eigenvalue weighted by molar-refractivity contribution is 6.39. The Morgan fingerprint density at radius 2 is 1.84 bits per heavy atom. The zero-order valence-electron chi connectivity index (χ0n) is 16.9. The van der Waals surface area contributed by atoms with Crippen molar-refractivity contribution >= 4 is 52.8 Å². The van der Waals surface area contributed by atoms with Gasteiger partial charge < -0.3 is 9.47 Å². The molecule has 1 N–H and O–H groups in total. The fourth-order valence-electron chi connectivity index (χ4n) is 2.95. The molecule has 1 aliphatic heterocycles. The minimum absolute atomic E-state index is 0.236. The number of anilines is 1. The molecule has 0 radical (unpaired) electrons. The summed E-state index contributed by atoms with van der Waals surface area (Å²) in [6, 6.07) is 8.53. The van der Waals surface area contributed by atoms with Crippen molar-refractivity contribution in [2.24, 2.45) is 0 Å². The molecule has 4 amide bonds. The summed E-state index contributed by atoms with van der Waals surface area (Å²) in [5.41, 5.74) is 0.446. The molecule has 1 aliphatic rings. The molecule has 2 aromatic carbocycles. The third-order valence-electron chi connectivity index (χ3n) is 4.26. The number of benzene rings is 2. The molecule has 0 saturated carbocycles. The third kappa shape index (κ3) is 5.00. The fraction of sp³-hybridized carbons (Fsp3) is 0.227. The molecule has 162 valence electrons. The van der Waals surface area contributed by atoms with Crippen molar-refractivity contribution in [2.45, 2.75) is 20.3 Å². The van der Waals surface area contributed by atoms with E-state index < -0.39 is 17.8 Å². The molecule has 0 spiro atoms. The lowest BCUT2D eigenvalue weighted by atomic mass is 10.1. The van der Waals surface area contributed by atoms with Crippen LogP contribution in [0.25, 0.3) is 6.08 Å². The van der Waals surface area contributed by atoms with Gasteiger partial charge in [-0.25, -0.2) is 9.69 Å². The Kier molecular flexibility index (Phi) is 7.20. The number of ether oxygens (including phenoxy) is 2. The van der Waals surface area contributed by atoms with Gasteiger partial charge >= 0.3 is 6.03 Å². The van der Waals surface area contributed by atoms with E-state index in [2.05, 4.69) is 5.32 Å². The number of imide groups is 2. The van der Waals surface area contributed by atoms with Crippen LogP contribution in [-0.4, -0.2) is 31.1 Å². The molecular formula is C22H20Cl2N2O5. The quantitative estimate of drug-likeness (QED) is 0.469. The first-order valence-electron chi connectivity index (χ1n) is 9.61. The number of carbonyl (C=O) groups is 3. The van der Waals surface area contributed by atoms with Crippen LogP contribution in [0.15, 0.2) is 42.0 Å². The second kappa shape index (κ2) is 9.85. The highest BCUT2D eigenvalue weighted by atomic mass is 35.5. The molecule has 7 nitrogen and oxygen atoms in total. The molecule has 0 aliphatic carbocycles. The minimum Gasteiger partial charge on any atom is -0.490 e. The molecule has 0 atom stereocenters. The van der Waals surface area contributed by atoms with E-state index in [4.69, 9.17) is 32.7 Å². The van der Waals surface area contributed by atoms with E-state index in [1.54, 1.807) is 30.3 Å². The number of hydrogen-bond acceptors (Lipinski definition) is 5. The summed E-state index contributed by atoms with van der Waals surface area (Å²) < 4.78 is 11.3. The van der Waals surface area contributed by atoms with Gasteiger partial charge in [-0.15, -0.1) is 0 Å². The van der Waals surface area contributed by atoms with Crippen molar-refractivity contribution in [3.63, 3.8) is 0 Å². The zero-order valence-corrected chi connectivity index (χ0v) is 18.4. The molecule has 0 bridgehead atoms. The molecule has 0 aromatic heterocycles. The van der Waals surface area contributed by atoms with Crippen molar-refractivity contribution in [3.05, 3.63) is 57.6 Å². The summed E-state index contributed by atoms with van der Waals surface area (Å²) in [7, 11) is 0. The summed E-state index contributed by atoms with van der Waals surface area (Å²) in [6.45, 7) is 4.61. The van der Waals surface area contributed by atoms with Crippen LogP contribution in [0.5, 0.6) is 11.5 Å². The summed E-state index contributed by atoms with van der Waals surface area (Å²) >= 11 is 12.3. The number of carbonyl (C=O) groups excluding carboxylic acids is 3. The lowest BCUT2D eigenvalue weighted by Crippen LogP contribution is -2.54. The van der Waals surface area contributed by atoms with Gasteiger partial charge in [0.15, 0.2) is 11.5 Å². The van der Waals surface area contributed by atoms with E-state index in [9.17, 15) is 14.4 Å². The Morgan fingerprint density at radius 3 is 2.52 bits per heavy atom. The predicted octanol–water partition coefficient (Wildman–Crippen LogP) is 4.85. The van der Waals surface area contributed by atoms with E-state index in [0.717, 1.165) is 11.3 Å². The van der Waals surface area contributed by atoms with Crippen LogP contribution < -0.4 is 19.7 Å². The van der Waals surface area contributed by atoms with Gasteiger partial charge in [0.1, 0.15) is 5.57 Å². The van der Waals surface area contributed by atoms with Crippen LogP contribution in [0.1, 0.15) is 25.8 Å². The highest BCUT2D eigenvalue weighted by Gasteiger charge is 2.37. The molecule has 31 heavy (non-hydrogen) atoms. The van der Waals surface area contributed by atoms with Crippen molar-refractivity contribution in [1.82, 2.24) is 5.32 Å². The minimum atomic E-state index is -0.856. The van der Waals surface area contributed by atoms with Gasteiger partial charge in [-0.05, 0) is 55.3 Å². The molecule has 3 rings (SSSR count). The summed E-state index contributed by atoms with van der Waals surface area (Å²) in [5.74, 6) is -0.811. The Hall–Kier alpha value is -3.03. The van der Waals surface area contributed by atoms with Gasteiger partial charge in [0.05, 0.1) is 23.9 Å². The first kappa shape index (κ1) is 22.7. The molecule has 2 aromatic rings. The lowest BCUT2D eigenvalue weighted by Gasteiger charge is -2.26. The maximum atomic E-state index is 13.0. The second-order valence-corrected chi connectivity index (χ2v) is 7.39. The average molecular weight is 463 g/mol. The van der Waals surface area contributed by atoms with Crippen LogP contribution in [-0.2, 0) is 9.59 Å². The summed E-state index contributed by atoms with van der Waals surface area (Å²) in [4.78, 5) is 38.6.